The topological polar surface area (TPSA) is 115 Å². The van der Waals surface area contributed by atoms with E-state index in [4.69, 9.17) is 10.1 Å². The van der Waals surface area contributed by atoms with E-state index in [9.17, 15) is 14.7 Å². The lowest BCUT2D eigenvalue weighted by Crippen LogP contribution is -2.62. The van der Waals surface area contributed by atoms with Crippen molar-refractivity contribution in [3.8, 4) is 5.75 Å². The first-order valence-electron chi connectivity index (χ1n) is 11.4. The third-order valence-electron chi connectivity index (χ3n) is 6.80. The van der Waals surface area contributed by atoms with E-state index in [1.165, 1.54) is 4.90 Å². The molecule has 2 aromatic rings. The highest BCUT2D eigenvalue weighted by atomic mass is 16.5. The van der Waals surface area contributed by atoms with Crippen LogP contribution in [-0.4, -0.2) is 44.5 Å². The van der Waals surface area contributed by atoms with Crippen LogP contribution in [0.4, 0.5) is 0 Å². The van der Waals surface area contributed by atoms with Crippen LogP contribution < -0.4 is 15.4 Å². The molecule has 2 heterocycles. The zero-order valence-corrected chi connectivity index (χ0v) is 20.2. The molecule has 2 aliphatic rings. The number of nitrogens with one attached hydrogen (secondary N) is 3. The first-order chi connectivity index (χ1) is 15.8. The van der Waals surface area contributed by atoms with Crippen LogP contribution in [0.2, 0.25) is 0 Å². The zero-order chi connectivity index (χ0) is 24.9. The fourth-order valence-corrected chi connectivity index (χ4v) is 4.46. The molecular weight excluding hydrogens is 432 g/mol. The predicted octanol–water partition coefficient (Wildman–Crippen LogP) is 3.11. The Bertz CT molecular complexity index is 1130. The van der Waals surface area contributed by atoms with Crippen molar-refractivity contribution >= 4 is 17.8 Å². The van der Waals surface area contributed by atoms with Gasteiger partial charge in [-0.05, 0) is 58.4 Å². The number of rotatable bonds is 4. The fraction of sp³-hybridized carbons (Fsp3) is 0.423. The number of fused-ring (bicyclic) bond motifs is 1. The Morgan fingerprint density at radius 3 is 2.59 bits per heavy atom. The molecule has 4 rings (SSSR count). The molecule has 8 nitrogen and oxygen atoms in total. The number of benzene rings is 2. The second kappa shape index (κ2) is 8.13. The van der Waals surface area contributed by atoms with Gasteiger partial charge in [-0.3, -0.25) is 19.9 Å². The average Bonchev–Trinajstić information content (AvgIpc) is 2.73. The lowest BCUT2D eigenvalue weighted by atomic mass is 9.75. The van der Waals surface area contributed by atoms with Crippen molar-refractivity contribution in [3.63, 3.8) is 0 Å². The van der Waals surface area contributed by atoms with Crippen molar-refractivity contribution in [1.82, 2.24) is 15.5 Å². The summed E-state index contributed by atoms with van der Waals surface area (Å²) >= 11 is 0. The Hall–Kier alpha value is -3.39. The Labute approximate surface area is 199 Å². The molecule has 2 aliphatic heterocycles. The smallest absolute Gasteiger partial charge is 0.251 e. The second-order valence-electron chi connectivity index (χ2n) is 10.4. The van der Waals surface area contributed by atoms with E-state index >= 15 is 0 Å². The molecule has 0 aliphatic carbocycles. The van der Waals surface area contributed by atoms with E-state index in [0.29, 0.717) is 16.9 Å². The SMILES string of the molecule is CC1(C)CC(=O)N(Cc2cccc(C(=O)N[C@@H]3c4ccccc4OC(C)(C)C3(C)O)c2)C(=N)N1. The first kappa shape index (κ1) is 23.8. The van der Waals surface area contributed by atoms with Crippen LogP contribution in [0.3, 0.4) is 0 Å². The summed E-state index contributed by atoms with van der Waals surface area (Å²) in [6.07, 6.45) is 0.281. The number of carbonyl (C=O) groups is 2. The number of amides is 2. The van der Waals surface area contributed by atoms with Gasteiger partial charge in [-0.2, -0.15) is 0 Å². The van der Waals surface area contributed by atoms with E-state index in [2.05, 4.69) is 10.6 Å². The van der Waals surface area contributed by atoms with Gasteiger partial charge in [0.25, 0.3) is 5.91 Å². The summed E-state index contributed by atoms with van der Waals surface area (Å²) in [6, 6.07) is 13.6. The molecule has 8 heteroatoms. The molecule has 34 heavy (non-hydrogen) atoms. The summed E-state index contributed by atoms with van der Waals surface area (Å²) in [5.41, 5.74) is -0.931. The van der Waals surface area contributed by atoms with Gasteiger partial charge in [-0.25, -0.2) is 0 Å². The van der Waals surface area contributed by atoms with Gasteiger partial charge in [-0.15, -0.1) is 0 Å². The third-order valence-corrected chi connectivity index (χ3v) is 6.80. The molecule has 1 unspecified atom stereocenters. The molecule has 2 atom stereocenters. The molecule has 0 radical (unpaired) electrons. The van der Waals surface area contributed by atoms with Crippen LogP contribution in [0.5, 0.6) is 5.75 Å². The highest BCUT2D eigenvalue weighted by Crippen LogP contribution is 2.46. The molecule has 2 aromatic carbocycles. The summed E-state index contributed by atoms with van der Waals surface area (Å²) in [7, 11) is 0. The quantitative estimate of drug-likeness (QED) is 0.555. The summed E-state index contributed by atoms with van der Waals surface area (Å²) in [4.78, 5) is 27.2. The van der Waals surface area contributed by atoms with Crippen molar-refractivity contribution in [2.24, 2.45) is 0 Å². The Kier molecular flexibility index (Phi) is 5.68. The molecule has 1 saturated heterocycles. The van der Waals surface area contributed by atoms with E-state index in [-0.39, 0.29) is 30.7 Å². The molecule has 0 saturated carbocycles. The van der Waals surface area contributed by atoms with Crippen molar-refractivity contribution < 1.29 is 19.4 Å². The van der Waals surface area contributed by atoms with Gasteiger partial charge in [-0.1, -0.05) is 30.3 Å². The molecule has 1 fully saturated rings. The van der Waals surface area contributed by atoms with Crippen LogP contribution in [0.25, 0.3) is 0 Å². The van der Waals surface area contributed by atoms with Crippen LogP contribution >= 0.6 is 0 Å². The monoisotopic (exact) mass is 464 g/mol. The van der Waals surface area contributed by atoms with Gasteiger partial charge in [0.2, 0.25) is 5.91 Å². The van der Waals surface area contributed by atoms with Gasteiger partial charge in [0, 0.05) is 23.1 Å². The highest BCUT2D eigenvalue weighted by Gasteiger charge is 2.53. The average molecular weight is 465 g/mol. The van der Waals surface area contributed by atoms with Crippen LogP contribution in [0, 0.1) is 5.41 Å². The predicted molar refractivity (Wildman–Crippen MR) is 129 cm³/mol. The molecule has 0 spiro atoms. The molecule has 180 valence electrons. The van der Waals surface area contributed by atoms with Crippen LogP contribution in [0.15, 0.2) is 48.5 Å². The zero-order valence-electron chi connectivity index (χ0n) is 20.2. The minimum Gasteiger partial charge on any atom is -0.484 e. The normalized spacial score (nSPS) is 25.1. The summed E-state index contributed by atoms with van der Waals surface area (Å²) in [5, 5.41) is 25.6. The van der Waals surface area contributed by atoms with Crippen molar-refractivity contribution in [1.29, 1.82) is 5.41 Å². The van der Waals surface area contributed by atoms with Gasteiger partial charge in [0.15, 0.2) is 5.96 Å². The number of guanidine groups is 1. The van der Waals surface area contributed by atoms with Gasteiger partial charge < -0.3 is 20.5 Å². The second-order valence-corrected chi connectivity index (χ2v) is 10.4. The maximum Gasteiger partial charge on any atom is 0.251 e. The van der Waals surface area contributed by atoms with E-state index in [1.54, 1.807) is 39.0 Å². The lowest BCUT2D eigenvalue weighted by molar-refractivity contribution is -0.137. The van der Waals surface area contributed by atoms with E-state index in [0.717, 1.165) is 5.56 Å². The molecule has 0 bridgehead atoms. The van der Waals surface area contributed by atoms with Crippen molar-refractivity contribution in [3.05, 3.63) is 65.2 Å². The largest absolute Gasteiger partial charge is 0.484 e. The number of ether oxygens (including phenoxy) is 1. The summed E-state index contributed by atoms with van der Waals surface area (Å²) < 4.78 is 6.03. The standard InChI is InChI=1S/C26H32N4O4/c1-24(2)14-20(31)30(23(27)29-24)15-16-9-8-10-17(13-16)22(32)28-21-18-11-6-7-12-19(18)34-25(3,4)26(21,5)33/h6-13,21,33H,14-15H2,1-5H3,(H2,27,29)(H,28,32)/t21-,26?/m1/s1. The summed E-state index contributed by atoms with van der Waals surface area (Å²) in [6.45, 7) is 9.20. The van der Waals surface area contributed by atoms with Gasteiger partial charge >= 0.3 is 0 Å². The molecule has 2 amide bonds. The van der Waals surface area contributed by atoms with Gasteiger partial charge in [0.05, 0.1) is 12.6 Å². The lowest BCUT2D eigenvalue weighted by Gasteiger charge is -2.49. The van der Waals surface area contributed by atoms with Crippen molar-refractivity contribution in [2.45, 2.75) is 70.4 Å². The van der Waals surface area contributed by atoms with E-state index in [1.807, 2.05) is 44.2 Å². The number of aliphatic hydroxyl groups is 1. The highest BCUT2D eigenvalue weighted by molar-refractivity contribution is 5.99. The number of para-hydroxylation sites is 1. The maximum atomic E-state index is 13.3. The molecule has 4 N–H and O–H groups in total. The first-order valence-corrected chi connectivity index (χ1v) is 11.4. The number of nitrogens with zero attached hydrogens (tertiary/aromatic N) is 1. The molecule has 0 aromatic heterocycles. The Morgan fingerprint density at radius 1 is 1.18 bits per heavy atom. The van der Waals surface area contributed by atoms with Crippen LogP contribution in [-0.2, 0) is 11.3 Å². The van der Waals surface area contributed by atoms with Gasteiger partial charge in [0.1, 0.15) is 17.0 Å². The minimum atomic E-state index is -1.37. The number of hydrogen-bond donors (Lipinski definition) is 4. The number of hydrogen-bond acceptors (Lipinski definition) is 5. The molecular formula is C26H32N4O4. The van der Waals surface area contributed by atoms with E-state index < -0.39 is 22.8 Å². The van der Waals surface area contributed by atoms with Crippen LogP contribution in [0.1, 0.15) is 68.6 Å². The fourth-order valence-electron chi connectivity index (χ4n) is 4.46. The Morgan fingerprint density at radius 2 is 1.88 bits per heavy atom. The summed E-state index contributed by atoms with van der Waals surface area (Å²) in [5.74, 6) is 0.184. The third kappa shape index (κ3) is 4.25. The van der Waals surface area contributed by atoms with Crippen molar-refractivity contribution in [2.75, 3.05) is 0 Å². The Balaban J connectivity index is 1.56. The maximum absolute atomic E-state index is 13.3. The number of carbonyl (C=O) groups excluding carboxylic acids is 2. The minimum absolute atomic E-state index is 0.0493.